The molecule has 4 rings (SSSR count). The summed E-state index contributed by atoms with van der Waals surface area (Å²) >= 11 is 0. The summed E-state index contributed by atoms with van der Waals surface area (Å²) in [6.45, 7) is 0.926. The highest BCUT2D eigenvalue weighted by molar-refractivity contribution is 5.95. The lowest BCUT2D eigenvalue weighted by molar-refractivity contribution is 0.292. The number of nitrogens with zero attached hydrogens (tertiary/aromatic N) is 1. The number of benzene rings is 3. The Morgan fingerprint density at radius 1 is 0.840 bits per heavy atom. The first-order chi connectivity index (χ1) is 12.3. The molecule has 0 radical (unpaired) electrons. The van der Waals surface area contributed by atoms with Crippen molar-refractivity contribution in [3.05, 3.63) is 72.8 Å². The molecule has 0 bridgehead atoms. The summed E-state index contributed by atoms with van der Waals surface area (Å²) in [7, 11) is 0. The molecule has 0 saturated carbocycles. The van der Waals surface area contributed by atoms with Crippen molar-refractivity contribution in [2.45, 2.75) is 6.42 Å². The highest BCUT2D eigenvalue weighted by Gasteiger charge is 2.08. The van der Waals surface area contributed by atoms with Crippen LogP contribution in [0.2, 0.25) is 0 Å². The van der Waals surface area contributed by atoms with Gasteiger partial charge in [0.2, 0.25) is 0 Å². The van der Waals surface area contributed by atoms with E-state index in [1.165, 1.54) is 10.8 Å². The molecule has 3 aromatic carbocycles. The molecule has 2 N–H and O–H groups in total. The Bertz CT molecular complexity index is 1030. The van der Waals surface area contributed by atoms with Crippen molar-refractivity contribution in [1.29, 1.82) is 0 Å². The average molecular weight is 328 g/mol. The SMILES string of the molecule is OCCCNc1cc(-c2ccc3ccccc3c2)nc2ccccc12. The maximum absolute atomic E-state index is 9.04. The number of fused-ring (bicyclic) bond motifs is 2. The molecule has 0 aliphatic rings. The van der Waals surface area contributed by atoms with Crippen molar-refractivity contribution in [2.24, 2.45) is 0 Å². The molecule has 0 amide bonds. The van der Waals surface area contributed by atoms with Crippen LogP contribution in [0.25, 0.3) is 32.9 Å². The van der Waals surface area contributed by atoms with Gasteiger partial charge in [-0.1, -0.05) is 54.6 Å². The zero-order valence-corrected chi connectivity index (χ0v) is 13.9. The number of aliphatic hydroxyl groups is 1. The number of hydrogen-bond acceptors (Lipinski definition) is 3. The van der Waals surface area contributed by atoms with Crippen LogP contribution in [0.1, 0.15) is 6.42 Å². The van der Waals surface area contributed by atoms with Crippen LogP contribution < -0.4 is 5.32 Å². The quantitative estimate of drug-likeness (QED) is 0.515. The first-order valence-corrected chi connectivity index (χ1v) is 8.59. The van der Waals surface area contributed by atoms with Gasteiger partial charge in [0.15, 0.2) is 0 Å². The van der Waals surface area contributed by atoms with Crippen molar-refractivity contribution in [3.8, 4) is 11.3 Å². The Hall–Kier alpha value is -2.91. The van der Waals surface area contributed by atoms with Crippen LogP contribution in [0.3, 0.4) is 0 Å². The molecule has 0 spiro atoms. The van der Waals surface area contributed by atoms with E-state index in [1.807, 2.05) is 18.2 Å². The summed E-state index contributed by atoms with van der Waals surface area (Å²) in [5.41, 5.74) is 4.09. The van der Waals surface area contributed by atoms with Gasteiger partial charge < -0.3 is 10.4 Å². The maximum atomic E-state index is 9.04. The number of nitrogens with one attached hydrogen (secondary N) is 1. The molecule has 0 atom stereocenters. The largest absolute Gasteiger partial charge is 0.396 e. The van der Waals surface area contributed by atoms with Gasteiger partial charge in [-0.15, -0.1) is 0 Å². The summed E-state index contributed by atoms with van der Waals surface area (Å²) in [6.07, 6.45) is 0.724. The maximum Gasteiger partial charge on any atom is 0.0730 e. The van der Waals surface area contributed by atoms with E-state index in [9.17, 15) is 0 Å². The zero-order chi connectivity index (χ0) is 17.1. The number of para-hydroxylation sites is 1. The standard InChI is InChI=1S/C22H20N2O/c25-13-5-12-23-22-15-21(24-20-9-4-3-8-19(20)22)18-11-10-16-6-1-2-7-17(16)14-18/h1-4,6-11,14-15,25H,5,12-13H2,(H,23,24). The summed E-state index contributed by atoms with van der Waals surface area (Å²) in [4.78, 5) is 4.85. The van der Waals surface area contributed by atoms with Gasteiger partial charge in [-0.05, 0) is 35.4 Å². The van der Waals surface area contributed by atoms with Crippen molar-refractivity contribution < 1.29 is 5.11 Å². The second kappa shape index (κ2) is 6.91. The van der Waals surface area contributed by atoms with E-state index in [0.29, 0.717) is 0 Å². The minimum Gasteiger partial charge on any atom is -0.396 e. The summed E-state index contributed by atoms with van der Waals surface area (Å²) < 4.78 is 0. The third-order valence-electron chi connectivity index (χ3n) is 4.41. The highest BCUT2D eigenvalue weighted by atomic mass is 16.3. The third-order valence-corrected chi connectivity index (χ3v) is 4.41. The molecule has 124 valence electrons. The van der Waals surface area contributed by atoms with Crippen LogP contribution >= 0.6 is 0 Å². The van der Waals surface area contributed by atoms with E-state index in [1.54, 1.807) is 0 Å². The van der Waals surface area contributed by atoms with E-state index in [2.05, 4.69) is 59.9 Å². The van der Waals surface area contributed by atoms with Gasteiger partial charge in [0, 0.05) is 29.8 Å². The van der Waals surface area contributed by atoms with Crippen molar-refractivity contribution in [2.75, 3.05) is 18.5 Å². The molecule has 3 nitrogen and oxygen atoms in total. The van der Waals surface area contributed by atoms with Crippen LogP contribution in [0.15, 0.2) is 72.8 Å². The smallest absolute Gasteiger partial charge is 0.0730 e. The molecule has 25 heavy (non-hydrogen) atoms. The number of aliphatic hydroxyl groups excluding tert-OH is 1. The molecule has 0 unspecified atom stereocenters. The minimum absolute atomic E-state index is 0.188. The minimum atomic E-state index is 0.188. The van der Waals surface area contributed by atoms with Crippen LogP contribution in [-0.4, -0.2) is 23.2 Å². The Balaban J connectivity index is 1.82. The number of pyridine rings is 1. The van der Waals surface area contributed by atoms with E-state index >= 15 is 0 Å². The Morgan fingerprint density at radius 3 is 2.52 bits per heavy atom. The summed E-state index contributed by atoms with van der Waals surface area (Å²) in [6, 6.07) is 25.1. The predicted molar refractivity (Wildman–Crippen MR) is 105 cm³/mol. The lowest BCUT2D eigenvalue weighted by Gasteiger charge is -2.12. The molecule has 0 aliphatic carbocycles. The zero-order valence-electron chi connectivity index (χ0n) is 13.9. The van der Waals surface area contributed by atoms with Gasteiger partial charge in [-0.2, -0.15) is 0 Å². The number of anilines is 1. The molecule has 1 aromatic heterocycles. The predicted octanol–water partition coefficient (Wildman–Crippen LogP) is 4.85. The second-order valence-corrected chi connectivity index (χ2v) is 6.14. The van der Waals surface area contributed by atoms with Gasteiger partial charge in [0.05, 0.1) is 11.2 Å². The van der Waals surface area contributed by atoms with E-state index < -0.39 is 0 Å². The fourth-order valence-electron chi connectivity index (χ4n) is 3.12. The first-order valence-electron chi connectivity index (χ1n) is 8.59. The monoisotopic (exact) mass is 328 g/mol. The first kappa shape index (κ1) is 15.6. The van der Waals surface area contributed by atoms with Gasteiger partial charge in [0.25, 0.3) is 0 Å². The van der Waals surface area contributed by atoms with E-state index in [0.717, 1.165) is 40.8 Å². The van der Waals surface area contributed by atoms with Gasteiger partial charge >= 0.3 is 0 Å². The van der Waals surface area contributed by atoms with Crippen LogP contribution in [0, 0.1) is 0 Å². The van der Waals surface area contributed by atoms with Crippen molar-refractivity contribution in [3.63, 3.8) is 0 Å². The fraction of sp³-hybridized carbons (Fsp3) is 0.136. The van der Waals surface area contributed by atoms with Gasteiger partial charge in [-0.25, -0.2) is 4.98 Å². The number of aromatic nitrogens is 1. The van der Waals surface area contributed by atoms with Crippen molar-refractivity contribution in [1.82, 2.24) is 4.98 Å². The highest BCUT2D eigenvalue weighted by Crippen LogP contribution is 2.30. The number of hydrogen-bond donors (Lipinski definition) is 2. The molecule has 1 heterocycles. The molecular weight excluding hydrogens is 308 g/mol. The summed E-state index contributed by atoms with van der Waals surface area (Å²) in [5, 5.41) is 16.0. The Kier molecular flexibility index (Phi) is 4.32. The molecule has 0 saturated heterocycles. The lowest BCUT2D eigenvalue weighted by Crippen LogP contribution is -2.04. The van der Waals surface area contributed by atoms with Crippen molar-refractivity contribution >= 4 is 27.4 Å². The Morgan fingerprint density at radius 2 is 1.64 bits per heavy atom. The van der Waals surface area contributed by atoms with Crippen LogP contribution in [0.4, 0.5) is 5.69 Å². The van der Waals surface area contributed by atoms with Gasteiger partial charge in [0.1, 0.15) is 0 Å². The third kappa shape index (κ3) is 3.19. The van der Waals surface area contributed by atoms with E-state index in [4.69, 9.17) is 10.1 Å². The molecule has 0 fully saturated rings. The normalized spacial score (nSPS) is 11.1. The lowest BCUT2D eigenvalue weighted by atomic mass is 10.0. The fourth-order valence-corrected chi connectivity index (χ4v) is 3.12. The second-order valence-electron chi connectivity index (χ2n) is 6.14. The number of rotatable bonds is 5. The average Bonchev–Trinajstić information content (AvgIpc) is 2.67. The van der Waals surface area contributed by atoms with Crippen LogP contribution in [-0.2, 0) is 0 Å². The molecular formula is C22H20N2O. The summed E-state index contributed by atoms with van der Waals surface area (Å²) in [5.74, 6) is 0. The molecule has 0 aliphatic heterocycles. The van der Waals surface area contributed by atoms with Gasteiger partial charge in [-0.3, -0.25) is 0 Å². The topological polar surface area (TPSA) is 45.1 Å². The van der Waals surface area contributed by atoms with Crippen LogP contribution in [0.5, 0.6) is 0 Å². The van der Waals surface area contributed by atoms with E-state index in [-0.39, 0.29) is 6.61 Å². The molecule has 3 heteroatoms. The molecule has 4 aromatic rings. The Labute approximate surface area is 147 Å².